The number of likely N-dealkylation sites (N-methyl/N-ethyl adjacent to an activating group) is 1. The number of aryl methyl sites for hydroxylation is 2. The van der Waals surface area contributed by atoms with Gasteiger partial charge in [-0.25, -0.2) is 0 Å². The lowest BCUT2D eigenvalue weighted by molar-refractivity contribution is 0.122. The first-order valence-electron chi connectivity index (χ1n) is 15.9. The van der Waals surface area contributed by atoms with Gasteiger partial charge in [0.25, 0.3) is 0 Å². The van der Waals surface area contributed by atoms with Gasteiger partial charge in [-0.3, -0.25) is 0 Å². The maximum Gasteiger partial charge on any atom is 0.0642 e. The van der Waals surface area contributed by atoms with Crippen molar-refractivity contribution >= 4 is 43.7 Å². The fraction of sp³-hybridized carbons (Fsp3) is 0.368. The van der Waals surface area contributed by atoms with Crippen LogP contribution in [-0.4, -0.2) is 64.4 Å². The number of anilines is 2. The van der Waals surface area contributed by atoms with Crippen molar-refractivity contribution in [3.8, 4) is 0 Å². The van der Waals surface area contributed by atoms with E-state index < -0.39 is 0 Å². The van der Waals surface area contributed by atoms with E-state index in [1.807, 2.05) is 0 Å². The second kappa shape index (κ2) is 10.6. The summed E-state index contributed by atoms with van der Waals surface area (Å²) in [6.07, 6.45) is 3.45. The molecule has 1 aliphatic carbocycles. The topological polar surface area (TPSA) is 19.0 Å². The molecule has 0 N–H and O–H groups in total. The molecule has 0 amide bonds. The highest BCUT2D eigenvalue weighted by molar-refractivity contribution is 6.11. The van der Waals surface area contributed by atoms with Crippen molar-refractivity contribution < 1.29 is 4.74 Å². The Morgan fingerprint density at radius 2 is 1.52 bits per heavy atom. The Morgan fingerprint density at radius 3 is 2.38 bits per heavy atom. The fourth-order valence-electron chi connectivity index (χ4n) is 8.02. The number of morpholine rings is 1. The average Bonchev–Trinajstić information content (AvgIpc) is 3.04. The van der Waals surface area contributed by atoms with E-state index >= 15 is 0 Å². The normalized spacial score (nSPS) is 20.0. The summed E-state index contributed by atoms with van der Waals surface area (Å²) in [6.45, 7) is 10.4. The second-order valence-electron chi connectivity index (χ2n) is 12.8. The summed E-state index contributed by atoms with van der Waals surface area (Å²) in [4.78, 5) is 7.56. The Morgan fingerprint density at radius 1 is 0.714 bits per heavy atom. The minimum Gasteiger partial charge on any atom is -0.378 e. The number of piperazine rings is 1. The number of ether oxygens (including phenoxy) is 1. The summed E-state index contributed by atoms with van der Waals surface area (Å²) in [6, 6.07) is 28.2. The molecule has 214 valence electrons. The van der Waals surface area contributed by atoms with Crippen molar-refractivity contribution in [2.45, 2.75) is 32.1 Å². The molecule has 0 saturated carbocycles. The second-order valence-corrected chi connectivity index (χ2v) is 12.8. The number of nitrogens with zero attached hydrogens (tertiary/aromatic N) is 3. The van der Waals surface area contributed by atoms with Crippen LogP contribution < -0.4 is 9.80 Å². The van der Waals surface area contributed by atoms with Crippen LogP contribution in [0.2, 0.25) is 0 Å². The van der Waals surface area contributed by atoms with Gasteiger partial charge in [-0.15, -0.1) is 0 Å². The summed E-state index contributed by atoms with van der Waals surface area (Å²) in [5.41, 5.74) is 8.87. The molecule has 2 saturated heterocycles. The molecule has 2 fully saturated rings. The Hall–Kier alpha value is -3.60. The molecule has 0 aromatic heterocycles. The van der Waals surface area contributed by atoms with E-state index in [1.165, 1.54) is 66.8 Å². The molecule has 1 unspecified atom stereocenters. The Balaban J connectivity index is 1.17. The lowest BCUT2D eigenvalue weighted by Gasteiger charge is -2.35. The molecule has 2 aliphatic heterocycles. The van der Waals surface area contributed by atoms with Crippen molar-refractivity contribution in [1.82, 2.24) is 4.90 Å². The third-order valence-corrected chi connectivity index (χ3v) is 10.3. The smallest absolute Gasteiger partial charge is 0.0642 e. The molecule has 0 radical (unpaired) electrons. The van der Waals surface area contributed by atoms with E-state index in [-0.39, 0.29) is 0 Å². The summed E-state index contributed by atoms with van der Waals surface area (Å²) in [5.74, 6) is 0.532. The van der Waals surface area contributed by atoms with Gasteiger partial charge in [-0.05, 0) is 100 Å². The predicted molar refractivity (Wildman–Crippen MR) is 178 cm³/mol. The monoisotopic (exact) mass is 555 g/mol. The number of fused-ring (bicyclic) bond motifs is 6. The van der Waals surface area contributed by atoms with Gasteiger partial charge < -0.3 is 19.4 Å². The standard InChI is InChI=1S/C38H41N3O/c1-26-23-30-25-31(40-17-15-39(2)16-18-40)10-14-32(30)36-13-9-28-24-29(8-11-33(28)37(26)36)35-12-7-27-5-3-4-6-34(27)38(35)41-19-21-42-22-20-41/h3-7,9-10,12-14,23,25,29H,8,11,15-22,24H2,1-2H3. The van der Waals surface area contributed by atoms with E-state index in [9.17, 15) is 0 Å². The zero-order chi connectivity index (χ0) is 28.2. The maximum absolute atomic E-state index is 5.74. The third kappa shape index (κ3) is 4.44. The van der Waals surface area contributed by atoms with E-state index in [0.29, 0.717) is 5.92 Å². The number of hydrogen-bond donors (Lipinski definition) is 0. The molecule has 0 spiro atoms. The van der Waals surface area contributed by atoms with Crippen LogP contribution in [0.15, 0.2) is 72.8 Å². The molecule has 5 aromatic carbocycles. The molecular weight excluding hydrogens is 514 g/mol. The van der Waals surface area contributed by atoms with E-state index in [4.69, 9.17) is 4.74 Å². The Labute approximate surface area is 249 Å². The van der Waals surface area contributed by atoms with Crippen molar-refractivity contribution in [2.75, 3.05) is 69.3 Å². The molecule has 4 heteroatoms. The van der Waals surface area contributed by atoms with Gasteiger partial charge in [0.2, 0.25) is 0 Å². The maximum atomic E-state index is 5.74. The van der Waals surface area contributed by atoms with Crippen molar-refractivity contribution in [2.24, 2.45) is 0 Å². The van der Waals surface area contributed by atoms with Gasteiger partial charge in [-0.2, -0.15) is 0 Å². The van der Waals surface area contributed by atoms with Crippen LogP contribution in [0.4, 0.5) is 11.4 Å². The SMILES string of the molecule is Cc1cc2cc(N3CCN(C)CC3)ccc2c2ccc3c(c12)CCC(c1ccc2ccccc2c1N1CCOCC1)C3. The Kier molecular flexibility index (Phi) is 6.57. The highest BCUT2D eigenvalue weighted by Gasteiger charge is 2.28. The van der Waals surface area contributed by atoms with Crippen molar-refractivity contribution in [1.29, 1.82) is 0 Å². The largest absolute Gasteiger partial charge is 0.378 e. The molecule has 3 aliphatic rings. The van der Waals surface area contributed by atoms with E-state index in [0.717, 1.165) is 65.3 Å². The van der Waals surface area contributed by atoms with Gasteiger partial charge >= 0.3 is 0 Å². The van der Waals surface area contributed by atoms with E-state index in [1.54, 1.807) is 5.56 Å². The van der Waals surface area contributed by atoms with Crippen LogP contribution in [0.1, 0.15) is 34.6 Å². The molecule has 0 bridgehead atoms. The average molecular weight is 556 g/mol. The lowest BCUT2D eigenvalue weighted by Crippen LogP contribution is -2.44. The van der Waals surface area contributed by atoms with Gasteiger partial charge in [0.15, 0.2) is 0 Å². The molecule has 1 atom stereocenters. The van der Waals surface area contributed by atoms with Gasteiger partial charge in [-0.1, -0.05) is 60.7 Å². The number of benzene rings is 5. The number of rotatable bonds is 3. The first-order chi connectivity index (χ1) is 20.6. The molecular formula is C38H41N3O. The predicted octanol–water partition coefficient (Wildman–Crippen LogP) is 7.32. The summed E-state index contributed by atoms with van der Waals surface area (Å²) in [7, 11) is 2.22. The number of hydrogen-bond acceptors (Lipinski definition) is 4. The lowest BCUT2D eigenvalue weighted by atomic mass is 9.76. The van der Waals surface area contributed by atoms with Gasteiger partial charge in [0.1, 0.15) is 0 Å². The first-order valence-corrected chi connectivity index (χ1v) is 15.9. The van der Waals surface area contributed by atoms with Crippen molar-refractivity contribution in [3.63, 3.8) is 0 Å². The van der Waals surface area contributed by atoms with Crippen LogP contribution >= 0.6 is 0 Å². The summed E-state index contributed by atoms with van der Waals surface area (Å²) < 4.78 is 5.74. The van der Waals surface area contributed by atoms with E-state index in [2.05, 4.69) is 101 Å². The molecule has 2 heterocycles. The van der Waals surface area contributed by atoms with Crippen LogP contribution in [-0.2, 0) is 17.6 Å². The minimum atomic E-state index is 0.532. The highest BCUT2D eigenvalue weighted by atomic mass is 16.5. The molecule has 5 aromatic rings. The molecule has 42 heavy (non-hydrogen) atoms. The highest BCUT2D eigenvalue weighted by Crippen LogP contribution is 2.44. The van der Waals surface area contributed by atoms with Crippen LogP contribution in [0, 0.1) is 6.92 Å². The third-order valence-electron chi connectivity index (χ3n) is 10.3. The van der Waals surface area contributed by atoms with Gasteiger partial charge in [0.05, 0.1) is 13.2 Å². The van der Waals surface area contributed by atoms with Crippen LogP contribution in [0.5, 0.6) is 0 Å². The summed E-state index contributed by atoms with van der Waals surface area (Å²) >= 11 is 0. The van der Waals surface area contributed by atoms with Crippen LogP contribution in [0.25, 0.3) is 32.3 Å². The molecule has 4 nitrogen and oxygen atoms in total. The zero-order valence-corrected chi connectivity index (χ0v) is 25.0. The quantitative estimate of drug-likeness (QED) is 0.217. The van der Waals surface area contributed by atoms with Crippen LogP contribution in [0.3, 0.4) is 0 Å². The minimum absolute atomic E-state index is 0.532. The van der Waals surface area contributed by atoms with Gasteiger partial charge in [0, 0.05) is 56.0 Å². The first kappa shape index (κ1) is 26.1. The zero-order valence-electron chi connectivity index (χ0n) is 25.0. The fourth-order valence-corrected chi connectivity index (χ4v) is 8.02. The molecule has 8 rings (SSSR count). The summed E-state index contributed by atoms with van der Waals surface area (Å²) in [5, 5.41) is 8.41. The van der Waals surface area contributed by atoms with Crippen molar-refractivity contribution in [3.05, 3.63) is 95.1 Å². The Bertz CT molecular complexity index is 1800.